The molecule has 0 unspecified atom stereocenters. The van der Waals surface area contributed by atoms with Crippen LogP contribution in [0.15, 0.2) is 43.0 Å². The molecule has 1 aromatic carbocycles. The predicted molar refractivity (Wildman–Crippen MR) is 70.7 cm³/mol. The minimum absolute atomic E-state index is 0.235. The third-order valence-electron chi connectivity index (χ3n) is 2.48. The van der Waals surface area contributed by atoms with Gasteiger partial charge in [-0.05, 0) is 25.5 Å². The van der Waals surface area contributed by atoms with Crippen molar-refractivity contribution in [3.05, 3.63) is 48.6 Å². The maximum Gasteiger partial charge on any atom is 0.245 e. The monoisotopic (exact) mass is 246 g/mol. The standard InChI is InChI=1S/C14H18N2O2/c1-4-12(17)16-14(2,3)13(18)15-10-11-8-6-5-7-9-11/h4-9H,1,10H2,2-3H3,(H,15,18)(H,16,17). The first-order valence-corrected chi connectivity index (χ1v) is 5.72. The first-order valence-electron chi connectivity index (χ1n) is 5.72. The van der Waals surface area contributed by atoms with Crippen molar-refractivity contribution in [1.82, 2.24) is 10.6 Å². The molecular weight excluding hydrogens is 228 g/mol. The summed E-state index contributed by atoms with van der Waals surface area (Å²) < 4.78 is 0. The fourth-order valence-corrected chi connectivity index (χ4v) is 1.41. The Bertz CT molecular complexity index is 438. The van der Waals surface area contributed by atoms with Crippen molar-refractivity contribution >= 4 is 11.8 Å². The third kappa shape index (κ3) is 4.05. The normalized spacial score (nSPS) is 10.6. The average Bonchev–Trinajstić information content (AvgIpc) is 2.36. The molecule has 0 aliphatic rings. The van der Waals surface area contributed by atoms with Crippen molar-refractivity contribution in [3.63, 3.8) is 0 Å². The van der Waals surface area contributed by atoms with Gasteiger partial charge in [-0.3, -0.25) is 9.59 Å². The molecule has 0 saturated carbocycles. The molecule has 1 rings (SSSR count). The summed E-state index contributed by atoms with van der Waals surface area (Å²) in [4.78, 5) is 23.1. The molecule has 0 aliphatic carbocycles. The smallest absolute Gasteiger partial charge is 0.245 e. The summed E-state index contributed by atoms with van der Waals surface area (Å²) in [5.74, 6) is -0.601. The van der Waals surface area contributed by atoms with Gasteiger partial charge in [0.1, 0.15) is 5.54 Å². The first kappa shape index (κ1) is 14.0. The Morgan fingerprint density at radius 1 is 1.28 bits per heavy atom. The largest absolute Gasteiger partial charge is 0.350 e. The van der Waals surface area contributed by atoms with Crippen molar-refractivity contribution in [3.8, 4) is 0 Å². The number of hydrogen-bond acceptors (Lipinski definition) is 2. The SMILES string of the molecule is C=CC(=O)NC(C)(C)C(=O)NCc1ccccc1. The summed E-state index contributed by atoms with van der Waals surface area (Å²) in [6.45, 7) is 7.09. The van der Waals surface area contributed by atoms with E-state index in [9.17, 15) is 9.59 Å². The molecule has 0 radical (unpaired) electrons. The molecule has 0 bridgehead atoms. The van der Waals surface area contributed by atoms with Crippen molar-refractivity contribution in [2.75, 3.05) is 0 Å². The Morgan fingerprint density at radius 2 is 1.89 bits per heavy atom. The van der Waals surface area contributed by atoms with Gasteiger partial charge in [-0.25, -0.2) is 0 Å². The van der Waals surface area contributed by atoms with Crippen LogP contribution in [0.3, 0.4) is 0 Å². The summed E-state index contributed by atoms with van der Waals surface area (Å²) in [6.07, 6.45) is 1.15. The van der Waals surface area contributed by atoms with Crippen LogP contribution in [0.1, 0.15) is 19.4 Å². The van der Waals surface area contributed by atoms with Gasteiger partial charge in [0.25, 0.3) is 0 Å². The van der Waals surface area contributed by atoms with Crippen LogP contribution in [0.2, 0.25) is 0 Å². The van der Waals surface area contributed by atoms with Crippen molar-refractivity contribution in [2.24, 2.45) is 0 Å². The molecule has 0 aliphatic heterocycles. The quantitative estimate of drug-likeness (QED) is 0.771. The number of amides is 2. The summed E-state index contributed by atoms with van der Waals surface area (Å²) in [6, 6.07) is 9.59. The van der Waals surface area contributed by atoms with Crippen LogP contribution < -0.4 is 10.6 Å². The first-order chi connectivity index (χ1) is 8.45. The Labute approximate surface area is 107 Å². The molecule has 18 heavy (non-hydrogen) atoms. The summed E-state index contributed by atoms with van der Waals surface area (Å²) in [5.41, 5.74) is 0.0526. The second-order valence-corrected chi connectivity index (χ2v) is 4.49. The zero-order valence-corrected chi connectivity index (χ0v) is 10.7. The molecule has 4 heteroatoms. The number of carbonyl (C=O) groups excluding carboxylic acids is 2. The Balaban J connectivity index is 2.54. The van der Waals surface area contributed by atoms with E-state index in [1.165, 1.54) is 0 Å². The topological polar surface area (TPSA) is 58.2 Å². The van der Waals surface area contributed by atoms with Gasteiger partial charge in [-0.15, -0.1) is 0 Å². The lowest BCUT2D eigenvalue weighted by molar-refractivity contribution is -0.130. The van der Waals surface area contributed by atoms with Gasteiger partial charge in [0.15, 0.2) is 0 Å². The molecule has 0 saturated heterocycles. The Morgan fingerprint density at radius 3 is 2.44 bits per heavy atom. The second-order valence-electron chi connectivity index (χ2n) is 4.49. The molecule has 0 heterocycles. The van der Waals surface area contributed by atoms with Gasteiger partial charge in [-0.2, -0.15) is 0 Å². The minimum Gasteiger partial charge on any atom is -0.350 e. The minimum atomic E-state index is -0.958. The fourth-order valence-electron chi connectivity index (χ4n) is 1.41. The highest BCUT2D eigenvalue weighted by Crippen LogP contribution is 2.04. The predicted octanol–water partition coefficient (Wildman–Crippen LogP) is 1.38. The van der Waals surface area contributed by atoms with Gasteiger partial charge in [-0.1, -0.05) is 36.9 Å². The molecule has 0 spiro atoms. The number of rotatable bonds is 5. The van der Waals surface area contributed by atoms with E-state index in [-0.39, 0.29) is 11.8 Å². The fraction of sp³-hybridized carbons (Fsp3) is 0.286. The maximum atomic E-state index is 11.9. The zero-order valence-electron chi connectivity index (χ0n) is 10.7. The maximum absolute atomic E-state index is 11.9. The molecule has 0 atom stereocenters. The molecule has 2 N–H and O–H groups in total. The van der Waals surface area contributed by atoms with Gasteiger partial charge in [0, 0.05) is 6.54 Å². The molecule has 0 fully saturated rings. The van der Waals surface area contributed by atoms with E-state index in [2.05, 4.69) is 17.2 Å². The third-order valence-corrected chi connectivity index (χ3v) is 2.48. The highest BCUT2D eigenvalue weighted by atomic mass is 16.2. The molecule has 2 amide bonds. The van der Waals surface area contributed by atoms with Gasteiger partial charge in [0.05, 0.1) is 0 Å². The van der Waals surface area contributed by atoms with Crippen LogP contribution in [0.5, 0.6) is 0 Å². The van der Waals surface area contributed by atoms with Crippen LogP contribution in [0, 0.1) is 0 Å². The van der Waals surface area contributed by atoms with E-state index in [1.54, 1.807) is 13.8 Å². The van der Waals surface area contributed by atoms with Crippen LogP contribution in [-0.4, -0.2) is 17.4 Å². The van der Waals surface area contributed by atoms with Crippen molar-refractivity contribution in [2.45, 2.75) is 25.9 Å². The van der Waals surface area contributed by atoms with Gasteiger partial charge in [0.2, 0.25) is 11.8 Å². The molecule has 1 aromatic rings. The Kier molecular flexibility index (Phi) is 4.66. The highest BCUT2D eigenvalue weighted by Gasteiger charge is 2.28. The number of carbonyl (C=O) groups is 2. The molecule has 4 nitrogen and oxygen atoms in total. The van der Waals surface area contributed by atoms with E-state index in [0.717, 1.165) is 11.6 Å². The van der Waals surface area contributed by atoms with Crippen molar-refractivity contribution < 1.29 is 9.59 Å². The highest BCUT2D eigenvalue weighted by molar-refractivity contribution is 5.94. The van der Waals surface area contributed by atoms with E-state index in [1.807, 2.05) is 30.3 Å². The summed E-state index contributed by atoms with van der Waals surface area (Å²) >= 11 is 0. The lowest BCUT2D eigenvalue weighted by atomic mass is 10.0. The average molecular weight is 246 g/mol. The van der Waals surface area contributed by atoms with Crippen LogP contribution in [0.25, 0.3) is 0 Å². The van der Waals surface area contributed by atoms with Crippen molar-refractivity contribution in [1.29, 1.82) is 0 Å². The van der Waals surface area contributed by atoms with E-state index in [4.69, 9.17) is 0 Å². The van der Waals surface area contributed by atoms with Gasteiger partial charge >= 0.3 is 0 Å². The Hall–Kier alpha value is -2.10. The lowest BCUT2D eigenvalue weighted by Crippen LogP contribution is -2.54. The van der Waals surface area contributed by atoms with E-state index < -0.39 is 5.54 Å². The van der Waals surface area contributed by atoms with Crippen LogP contribution in [-0.2, 0) is 16.1 Å². The molecule has 96 valence electrons. The molecule has 0 aromatic heterocycles. The zero-order chi connectivity index (χ0) is 13.6. The number of hydrogen-bond donors (Lipinski definition) is 2. The summed E-state index contributed by atoms with van der Waals surface area (Å²) in [7, 11) is 0. The number of benzene rings is 1. The van der Waals surface area contributed by atoms with Gasteiger partial charge < -0.3 is 10.6 Å². The molecular formula is C14H18N2O2. The van der Waals surface area contributed by atoms with Crippen LogP contribution in [0.4, 0.5) is 0 Å². The van der Waals surface area contributed by atoms with Crippen LogP contribution >= 0.6 is 0 Å². The van der Waals surface area contributed by atoms with E-state index >= 15 is 0 Å². The van der Waals surface area contributed by atoms with E-state index in [0.29, 0.717) is 6.54 Å². The lowest BCUT2D eigenvalue weighted by Gasteiger charge is -2.24. The summed E-state index contributed by atoms with van der Waals surface area (Å²) in [5, 5.41) is 5.35. The second kappa shape index (κ2) is 6.00. The number of nitrogens with one attached hydrogen (secondary N) is 2.